The largest absolute Gasteiger partial charge is 0.0622 e. The average molecular weight is 1110 g/mol. The zero-order valence-electron chi connectivity index (χ0n) is 30.7. The van der Waals surface area contributed by atoms with Gasteiger partial charge in [-0.3, -0.25) is 4.55 Å². The minimum absolute atomic E-state index is 0.664. The van der Waals surface area contributed by atoms with Gasteiger partial charge in [0.25, 0.3) is 0 Å². The van der Waals surface area contributed by atoms with Gasteiger partial charge in [-0.15, -0.1) is 0 Å². The molecule has 0 aliphatic heterocycles. The van der Waals surface area contributed by atoms with Gasteiger partial charge >= 0.3 is 113 Å². The zero-order chi connectivity index (χ0) is 46.3. The van der Waals surface area contributed by atoms with Gasteiger partial charge in [0.15, 0.2) is 10.1 Å². The summed E-state index contributed by atoms with van der Waals surface area (Å²) in [7, 11) is -13.3. The van der Waals surface area contributed by atoms with Crippen LogP contribution in [0.15, 0.2) is 170 Å². The Kier molecular flexibility index (Phi) is 24.2. The van der Waals surface area contributed by atoms with Gasteiger partial charge in [-0.05, 0) is 47.7 Å². The molecule has 0 radical (unpaired) electrons. The molecule has 8 nitrogen and oxygen atoms in total. The van der Waals surface area contributed by atoms with Crippen molar-refractivity contribution < 1.29 is 80.1 Å². The first-order chi connectivity index (χ1) is 28.7. The van der Waals surface area contributed by atoms with Crippen LogP contribution in [0.2, 0.25) is 5.02 Å². The first kappa shape index (κ1) is 54.8. The zero-order valence-corrected chi connectivity index (χ0v) is 37.6. The first-order valence-electron chi connectivity index (χ1n) is 16.2. The summed E-state index contributed by atoms with van der Waals surface area (Å²) >= 11 is 7.16. The fourth-order valence-corrected chi connectivity index (χ4v) is 10.4. The number of benzene rings is 6. The van der Waals surface area contributed by atoms with Crippen molar-refractivity contribution in [2.75, 3.05) is 0 Å². The van der Waals surface area contributed by atoms with E-state index in [1.807, 2.05) is 24.3 Å². The van der Waals surface area contributed by atoms with Gasteiger partial charge in [0.1, 0.15) is 0 Å². The summed E-state index contributed by atoms with van der Waals surface area (Å²) in [4.78, 5) is 0. The number of hydrogen-bond acceptors (Lipinski definition) is 5. The SMILES string of the molecule is Clc1ccc([C]#[Re])cc1.O=S(=O)(O)C(F)(F)F.O=S(=O)([O-])C(F)(F)F.[C-]#[O+].[C-]#[O+].c1ccc(P(c2ccccc2)c2ccccc2P(c2ccccc2)c2ccccc2)cc1. The second-order valence-corrected chi connectivity index (χ2v) is 19.2. The predicted octanol–water partition coefficient (Wildman–Crippen LogP) is 7.77. The molecule has 0 spiro atoms. The van der Waals surface area contributed by atoms with Crippen LogP contribution in [0.25, 0.3) is 0 Å². The van der Waals surface area contributed by atoms with Crippen molar-refractivity contribution in [3.05, 3.63) is 194 Å². The molecule has 6 aromatic rings. The Bertz CT molecular complexity index is 2290. The molecular formula is C41H29ClF6O8P2ReS2-. The molecular weight excluding hydrogens is 1080 g/mol. The molecule has 1 N–H and O–H groups in total. The van der Waals surface area contributed by atoms with Crippen molar-refractivity contribution >= 4 is 79.5 Å². The summed E-state index contributed by atoms with van der Waals surface area (Å²) < 4.78 is 134. The van der Waals surface area contributed by atoms with Crippen LogP contribution in [0.1, 0.15) is 5.56 Å². The topological polar surface area (TPSA) is 151 Å². The quantitative estimate of drug-likeness (QED) is 0.0450. The molecule has 0 aliphatic rings. The molecule has 0 fully saturated rings. The van der Waals surface area contributed by atoms with Crippen molar-refractivity contribution in [2.24, 2.45) is 0 Å². The maximum atomic E-state index is 10.7. The van der Waals surface area contributed by atoms with Gasteiger partial charge in [0, 0.05) is 0 Å². The Hall–Kier alpha value is -4.21. The van der Waals surface area contributed by atoms with Crippen LogP contribution in [0.4, 0.5) is 26.3 Å². The Labute approximate surface area is 366 Å². The molecule has 61 heavy (non-hydrogen) atoms. The summed E-state index contributed by atoms with van der Waals surface area (Å²) in [6.07, 6.45) is 0. The van der Waals surface area contributed by atoms with Crippen LogP contribution in [-0.4, -0.2) is 37.0 Å². The summed E-state index contributed by atoms with van der Waals surface area (Å²) in [5.41, 5.74) is -10.1. The van der Waals surface area contributed by atoms with Crippen LogP contribution < -0.4 is 31.8 Å². The van der Waals surface area contributed by atoms with Crippen molar-refractivity contribution in [1.29, 1.82) is 0 Å². The van der Waals surface area contributed by atoms with Gasteiger partial charge in [-0.1, -0.05) is 146 Å². The molecule has 0 atom stereocenters. The summed E-state index contributed by atoms with van der Waals surface area (Å²) in [6, 6.07) is 60.7. The molecule has 0 saturated carbocycles. The van der Waals surface area contributed by atoms with E-state index < -0.39 is 47.1 Å². The van der Waals surface area contributed by atoms with Crippen LogP contribution in [0.3, 0.4) is 0 Å². The van der Waals surface area contributed by atoms with E-state index in [-0.39, 0.29) is 0 Å². The predicted molar refractivity (Wildman–Crippen MR) is 220 cm³/mol. The first-order valence-corrected chi connectivity index (χ1v) is 23.5. The van der Waals surface area contributed by atoms with E-state index in [0.717, 1.165) is 10.6 Å². The Balaban J connectivity index is 0.000000522. The summed E-state index contributed by atoms with van der Waals surface area (Å²) in [6.45, 7) is 9.00. The van der Waals surface area contributed by atoms with Crippen molar-refractivity contribution in [3.8, 4) is 4.29 Å². The molecule has 0 amide bonds. The van der Waals surface area contributed by atoms with E-state index in [1.54, 1.807) is 0 Å². The van der Waals surface area contributed by atoms with E-state index in [2.05, 4.69) is 163 Å². The standard InChI is InChI=1S/C30H24P2.C7H4Cl.2CHF3O3S.2CO.Re/c1-5-15-25(16-6-1)31(26-17-7-2-8-18-26)29-23-13-14-24-30(29)32(27-19-9-3-10-20-27)28-21-11-4-12-22-28;1-6-2-4-7(8)5-3-6;2*2-1(3,4)8(5,6)7;2*1-2;/h1-24H;2-5H;2*(H,5,6,7);;;/p-1. The Morgan fingerprint density at radius 3 is 0.951 bits per heavy atom. The maximum absolute atomic E-state index is 10.7. The number of hydrogen-bond donors (Lipinski definition) is 1. The van der Waals surface area contributed by atoms with E-state index >= 15 is 0 Å². The van der Waals surface area contributed by atoms with Crippen molar-refractivity contribution in [3.63, 3.8) is 0 Å². The van der Waals surface area contributed by atoms with Gasteiger partial charge in [0.05, 0.1) is 0 Å². The molecule has 0 bridgehead atoms. The Morgan fingerprint density at radius 2 is 0.754 bits per heavy atom. The molecule has 320 valence electrons. The second kappa shape index (κ2) is 27.0. The van der Waals surface area contributed by atoms with E-state index in [9.17, 15) is 26.3 Å². The van der Waals surface area contributed by atoms with E-state index in [1.165, 1.54) is 50.4 Å². The van der Waals surface area contributed by atoms with Crippen molar-refractivity contribution in [1.82, 2.24) is 0 Å². The Morgan fingerprint density at radius 1 is 0.525 bits per heavy atom. The number of alkyl halides is 6. The minimum Gasteiger partial charge on any atom is -0.0622 e. The fraction of sp³-hybridized carbons (Fsp3) is 0.0488. The molecule has 0 heterocycles. The molecule has 20 heteroatoms. The molecule has 0 unspecified atom stereocenters. The van der Waals surface area contributed by atoms with Gasteiger partial charge in [0.2, 0.25) is 0 Å². The van der Waals surface area contributed by atoms with Crippen LogP contribution in [-0.2, 0) is 48.1 Å². The maximum Gasteiger partial charge on any atom is -0.00675 e. The number of halogens is 7. The van der Waals surface area contributed by atoms with E-state index in [4.69, 9.17) is 46.8 Å². The third-order valence-electron chi connectivity index (χ3n) is 6.95. The van der Waals surface area contributed by atoms with Crippen LogP contribution >= 0.6 is 27.4 Å². The second-order valence-electron chi connectivity index (χ2n) is 10.9. The molecule has 0 aliphatic carbocycles. The van der Waals surface area contributed by atoms with Crippen LogP contribution in [0, 0.1) is 17.6 Å². The fourth-order valence-electron chi connectivity index (χ4n) is 4.52. The van der Waals surface area contributed by atoms with Crippen LogP contribution in [0.5, 0.6) is 0 Å². The summed E-state index contributed by atoms with van der Waals surface area (Å²) in [5.74, 6) is 0. The van der Waals surface area contributed by atoms with Crippen molar-refractivity contribution in [2.45, 2.75) is 11.0 Å². The monoisotopic (exact) mass is 1110 g/mol. The normalized spacial score (nSPS) is 10.8. The molecule has 0 aromatic heterocycles. The van der Waals surface area contributed by atoms with Gasteiger partial charge in [-0.25, -0.2) is 8.42 Å². The number of rotatable bonds is 6. The molecule has 6 aromatic carbocycles. The smallest absolute Gasteiger partial charge is 0.00675 e. The minimum atomic E-state index is -6.09. The van der Waals surface area contributed by atoms with Gasteiger partial charge in [-0.2, -0.15) is 34.8 Å². The molecule has 0 saturated heterocycles. The molecule has 6 rings (SSSR count). The third-order valence-corrected chi connectivity index (χ3v) is 14.3. The van der Waals surface area contributed by atoms with Gasteiger partial charge < -0.3 is 4.55 Å². The third kappa shape index (κ3) is 18.7. The van der Waals surface area contributed by atoms with E-state index in [0.29, 0.717) is 0 Å². The summed E-state index contributed by atoms with van der Waals surface area (Å²) in [5, 5.41) is 9.21. The average Bonchev–Trinajstić information content (AvgIpc) is 3.24.